The topological polar surface area (TPSA) is 227 Å². The number of carbonyl (C=O) groups is 7. The lowest BCUT2D eigenvalue weighted by molar-refractivity contribution is -0.141. The Labute approximate surface area is 421 Å². The Hall–Kier alpha value is -6.43. The maximum absolute atomic E-state index is 14.8. The van der Waals surface area contributed by atoms with Gasteiger partial charge in [-0.3, -0.25) is 43.4 Å². The molecule has 2 aromatic heterocycles. The Morgan fingerprint density at radius 3 is 2.51 bits per heavy atom. The van der Waals surface area contributed by atoms with Crippen molar-refractivity contribution in [1.29, 1.82) is 0 Å². The minimum atomic E-state index is -5.84. The summed E-state index contributed by atoms with van der Waals surface area (Å²) in [6.45, 7) is 6.03. The summed E-state index contributed by atoms with van der Waals surface area (Å²) in [5.74, 6) is 3.32. The summed E-state index contributed by atoms with van der Waals surface area (Å²) in [6.07, 6.45) is 2.12. The lowest BCUT2D eigenvalue weighted by Gasteiger charge is -2.36. The van der Waals surface area contributed by atoms with E-state index in [1.54, 1.807) is 62.5 Å². The summed E-state index contributed by atoms with van der Waals surface area (Å²) < 4.78 is 41.9. The fraction of sp³-hybridized carbons (Fsp3) is 0.400. The molecule has 17 nitrogen and oxygen atoms in total. The number of nitrogens with zero attached hydrogens (tertiary/aromatic N) is 5. The van der Waals surface area contributed by atoms with E-state index < -0.39 is 66.0 Å². The van der Waals surface area contributed by atoms with Crippen molar-refractivity contribution in [2.24, 2.45) is 5.41 Å². The van der Waals surface area contributed by atoms with Crippen LogP contribution in [0.3, 0.4) is 0 Å². The minimum Gasteiger partial charge on any atom is -0.346 e. The normalized spacial score (nSPS) is 17.6. The minimum absolute atomic E-state index is 0.0170. The van der Waals surface area contributed by atoms with Gasteiger partial charge >= 0.3 is 13.3 Å². The third-order valence-electron chi connectivity index (χ3n) is 13.1. The Morgan fingerprint density at radius 2 is 1.78 bits per heavy atom. The first-order valence-corrected chi connectivity index (χ1v) is 26.6. The number of alkyl halides is 2. The second-order valence-electron chi connectivity index (χ2n) is 19.1. The van der Waals surface area contributed by atoms with Crippen molar-refractivity contribution in [3.8, 4) is 11.8 Å². The van der Waals surface area contributed by atoms with Crippen LogP contribution < -0.4 is 15.5 Å². The van der Waals surface area contributed by atoms with E-state index in [9.17, 15) is 56.7 Å². The predicted octanol–water partition coefficient (Wildman–Crippen LogP) is 6.35. The van der Waals surface area contributed by atoms with Crippen molar-refractivity contribution in [1.82, 2.24) is 30.3 Å². The highest BCUT2D eigenvalue weighted by Gasteiger charge is 2.50. The summed E-state index contributed by atoms with van der Waals surface area (Å²) in [5.41, 5.74) is -1.55. The quantitative estimate of drug-likeness (QED) is 0.0415. The van der Waals surface area contributed by atoms with Gasteiger partial charge in [0.2, 0.25) is 29.5 Å². The van der Waals surface area contributed by atoms with Gasteiger partial charge in [-0.2, -0.15) is 8.78 Å². The molecule has 4 N–H and O–H groups in total. The molecule has 0 saturated carbocycles. The molecule has 378 valence electrons. The molecule has 7 amide bonds. The second kappa shape index (κ2) is 20.6. The number of thiazole rings is 1. The molecule has 0 aliphatic carbocycles. The SMILES string of the molecule is CN(CCCC#Cc1cccc2c1CN(C1CCC(=O)NC1=O)C2=O)C(=O)CCN(C(=O)[C@@H]1CCCN1C(=O)[C@@H](NC(=O)c1cc2cc(C(F)(F)P(=O)(O)O)ccc2s1)C(C)(C)C)c1ccc2scnc2c1. The van der Waals surface area contributed by atoms with Crippen LogP contribution in [-0.2, 0) is 40.7 Å². The number of amides is 7. The number of likely N-dealkylation sites (tertiary alicyclic amines) is 1. The number of fused-ring (bicyclic) bond motifs is 3. The molecule has 0 spiro atoms. The van der Waals surface area contributed by atoms with Crippen LogP contribution >= 0.6 is 30.3 Å². The van der Waals surface area contributed by atoms with E-state index in [1.807, 2.05) is 12.1 Å². The highest BCUT2D eigenvalue weighted by molar-refractivity contribution is 7.52. The lowest BCUT2D eigenvalue weighted by Crippen LogP contribution is -2.58. The van der Waals surface area contributed by atoms with Crippen LogP contribution in [0.25, 0.3) is 20.3 Å². The van der Waals surface area contributed by atoms with Gasteiger partial charge in [0.1, 0.15) is 18.1 Å². The maximum atomic E-state index is 14.8. The van der Waals surface area contributed by atoms with Gasteiger partial charge in [0.15, 0.2) is 0 Å². The highest BCUT2D eigenvalue weighted by Crippen LogP contribution is 2.59. The largest absolute Gasteiger partial charge is 0.399 e. The van der Waals surface area contributed by atoms with E-state index in [2.05, 4.69) is 27.5 Å². The molecular weight excluding hydrogens is 992 g/mol. The molecule has 3 aliphatic heterocycles. The predicted molar refractivity (Wildman–Crippen MR) is 266 cm³/mol. The van der Waals surface area contributed by atoms with Gasteiger partial charge < -0.3 is 34.7 Å². The molecule has 0 radical (unpaired) electrons. The lowest BCUT2D eigenvalue weighted by atomic mass is 9.85. The van der Waals surface area contributed by atoms with Gasteiger partial charge in [0.05, 0.1) is 20.6 Å². The monoisotopic (exact) mass is 1040 g/mol. The van der Waals surface area contributed by atoms with Gasteiger partial charge in [-0.05, 0) is 90.6 Å². The van der Waals surface area contributed by atoms with E-state index >= 15 is 0 Å². The molecule has 1 unspecified atom stereocenters. The summed E-state index contributed by atoms with van der Waals surface area (Å²) in [7, 11) is -4.17. The number of aromatic nitrogens is 1. The maximum Gasteiger partial charge on any atom is 0.399 e. The highest BCUT2D eigenvalue weighted by atomic mass is 32.1. The van der Waals surface area contributed by atoms with Gasteiger partial charge in [-0.15, -0.1) is 22.7 Å². The molecule has 8 rings (SSSR count). The number of hydrogen-bond donors (Lipinski definition) is 4. The number of benzene rings is 3. The van der Waals surface area contributed by atoms with Gasteiger partial charge in [-0.25, -0.2) is 4.98 Å². The van der Waals surface area contributed by atoms with Crippen LogP contribution in [0.1, 0.15) is 102 Å². The first-order valence-electron chi connectivity index (χ1n) is 23.3. The fourth-order valence-electron chi connectivity index (χ4n) is 9.16. The number of carbonyl (C=O) groups excluding carboxylic acids is 7. The van der Waals surface area contributed by atoms with Crippen LogP contribution in [0.5, 0.6) is 0 Å². The average Bonchev–Trinajstić information content (AvgIpc) is 4.16. The number of rotatable bonds is 14. The molecule has 5 heterocycles. The number of imide groups is 1. The smallest absolute Gasteiger partial charge is 0.346 e. The van der Waals surface area contributed by atoms with Crippen LogP contribution in [-0.4, -0.2) is 116 Å². The summed E-state index contributed by atoms with van der Waals surface area (Å²) in [5, 5.41) is 5.28. The van der Waals surface area contributed by atoms with Crippen molar-refractivity contribution in [2.75, 3.05) is 31.6 Å². The summed E-state index contributed by atoms with van der Waals surface area (Å²) in [6, 6.07) is 12.2. The first kappa shape index (κ1) is 51.9. The van der Waals surface area contributed by atoms with Crippen LogP contribution in [0.15, 0.2) is 66.2 Å². The third kappa shape index (κ3) is 10.7. The van der Waals surface area contributed by atoms with E-state index in [1.165, 1.54) is 38.2 Å². The Morgan fingerprint density at radius 1 is 1.01 bits per heavy atom. The van der Waals surface area contributed by atoms with Crippen molar-refractivity contribution in [3.05, 3.63) is 93.3 Å². The zero-order chi connectivity index (χ0) is 51.9. The number of anilines is 1. The molecule has 3 atom stereocenters. The first-order chi connectivity index (χ1) is 34.0. The summed E-state index contributed by atoms with van der Waals surface area (Å²) in [4.78, 5) is 123. The van der Waals surface area contributed by atoms with E-state index in [0.717, 1.165) is 33.7 Å². The van der Waals surface area contributed by atoms with Crippen molar-refractivity contribution < 1.29 is 56.7 Å². The van der Waals surface area contributed by atoms with Crippen molar-refractivity contribution in [3.63, 3.8) is 0 Å². The van der Waals surface area contributed by atoms with Crippen LogP contribution in [0, 0.1) is 17.3 Å². The Kier molecular flexibility index (Phi) is 14.8. The number of thiophene rings is 1. The van der Waals surface area contributed by atoms with Crippen molar-refractivity contribution in [2.45, 2.75) is 96.1 Å². The number of hydrogen-bond acceptors (Lipinski definition) is 11. The second-order valence-corrected chi connectivity index (χ2v) is 22.7. The zero-order valence-corrected chi connectivity index (χ0v) is 42.3. The Bertz CT molecular complexity index is 3140. The van der Waals surface area contributed by atoms with E-state index in [4.69, 9.17) is 0 Å². The number of nitrogens with one attached hydrogen (secondary N) is 2. The van der Waals surface area contributed by atoms with E-state index in [-0.39, 0.29) is 66.9 Å². The molecule has 3 aromatic carbocycles. The molecule has 3 aliphatic rings. The van der Waals surface area contributed by atoms with Crippen LogP contribution in [0.4, 0.5) is 14.5 Å². The molecule has 2 fully saturated rings. The van der Waals surface area contributed by atoms with Crippen LogP contribution in [0.2, 0.25) is 0 Å². The molecule has 2 saturated heterocycles. The van der Waals surface area contributed by atoms with Gasteiger partial charge in [0.25, 0.3) is 11.8 Å². The van der Waals surface area contributed by atoms with Gasteiger partial charge in [-0.1, -0.05) is 44.7 Å². The van der Waals surface area contributed by atoms with Crippen molar-refractivity contribution >= 4 is 97.6 Å². The number of unbranched alkanes of at least 4 members (excludes halogenated alkanes) is 1. The molecule has 5 aromatic rings. The zero-order valence-electron chi connectivity index (χ0n) is 39.8. The number of piperidine rings is 1. The molecule has 0 bridgehead atoms. The Balaban J connectivity index is 0.919. The average molecular weight is 1040 g/mol. The van der Waals surface area contributed by atoms with E-state index in [0.29, 0.717) is 59.3 Å². The summed E-state index contributed by atoms with van der Waals surface area (Å²) >= 11 is 2.39. The molecule has 72 heavy (non-hydrogen) atoms. The molecular formula is C50H52F2N7O10PS2. The van der Waals surface area contributed by atoms with Gasteiger partial charge in [0, 0.05) is 79.6 Å². The number of halogens is 2. The third-order valence-corrected chi connectivity index (χ3v) is 16.0. The standard InChI is InChI=1S/C50H52F2N7O10PS2/c1-49(2,3)43(55-45(63)40-25-30-24-31(14-17-38(30)72-40)50(51,52)70(67,68)69)48(66)58-22-9-13-37(58)47(65)57(32-15-18-39-35(26-32)53-28-71-39)23-20-42(61)56(4)21-7-5-6-10-29-11-8-12-33-34(29)27-59(46(33)64)36-16-19-41(60)54-44(36)62/h8,11-12,14-15,17-18,24-26,28,36-37,43H,5,7,9,13,16,19-23,27H2,1-4H3,(H,55,63)(H,54,60,62)(H2,67,68,69)/t36?,37-,43+/m0/s1. The molecule has 22 heteroatoms. The fourth-order valence-corrected chi connectivity index (χ4v) is 11.2.